The number of hydrogen-bond donors (Lipinski definition) is 0. The molecule has 7 heteroatoms. The summed E-state index contributed by atoms with van der Waals surface area (Å²) in [7, 11) is -2.95. The van der Waals surface area contributed by atoms with Gasteiger partial charge < -0.3 is 0 Å². The van der Waals surface area contributed by atoms with Crippen molar-refractivity contribution >= 4 is 33.2 Å². The summed E-state index contributed by atoms with van der Waals surface area (Å²) in [5.74, 6) is 1.80. The molecule has 88 valence electrons. The average Bonchev–Trinajstić information content (AvgIpc) is 2.84. The molecule has 1 amide bonds. The molecule has 3 rings (SSSR count). The SMILES string of the molecule is O=C1C2CSCC2=NN1C1CCS(=O)(=O)C1. The van der Waals surface area contributed by atoms with E-state index in [2.05, 4.69) is 5.10 Å². The number of rotatable bonds is 1. The maximum Gasteiger partial charge on any atom is 0.252 e. The van der Waals surface area contributed by atoms with Crippen molar-refractivity contribution in [3.8, 4) is 0 Å². The molecular formula is C9H12N2O3S2. The van der Waals surface area contributed by atoms with Crippen LogP contribution in [0.15, 0.2) is 5.10 Å². The highest BCUT2D eigenvalue weighted by atomic mass is 32.2. The molecule has 0 saturated carbocycles. The topological polar surface area (TPSA) is 66.8 Å². The third kappa shape index (κ3) is 1.57. The molecule has 0 N–H and O–H groups in total. The molecule has 0 aromatic rings. The number of nitrogens with zero attached hydrogens (tertiary/aromatic N) is 2. The number of carbonyl (C=O) groups is 1. The first-order valence-electron chi connectivity index (χ1n) is 5.25. The van der Waals surface area contributed by atoms with Crippen molar-refractivity contribution in [3.63, 3.8) is 0 Å². The van der Waals surface area contributed by atoms with Gasteiger partial charge in [-0.1, -0.05) is 0 Å². The Kier molecular flexibility index (Phi) is 2.29. The molecule has 0 radical (unpaired) electrons. The average molecular weight is 260 g/mol. The summed E-state index contributed by atoms with van der Waals surface area (Å²) in [6, 6.07) is -0.222. The largest absolute Gasteiger partial charge is 0.272 e. The second-order valence-corrected chi connectivity index (χ2v) is 7.66. The fourth-order valence-corrected chi connectivity index (χ4v) is 5.22. The summed E-state index contributed by atoms with van der Waals surface area (Å²) in [5, 5.41) is 5.73. The van der Waals surface area contributed by atoms with Gasteiger partial charge in [-0.3, -0.25) is 4.79 Å². The zero-order valence-electron chi connectivity index (χ0n) is 8.63. The number of fused-ring (bicyclic) bond motifs is 1. The summed E-state index contributed by atoms with van der Waals surface area (Å²) < 4.78 is 22.7. The van der Waals surface area contributed by atoms with Crippen LogP contribution in [0.5, 0.6) is 0 Å². The van der Waals surface area contributed by atoms with Crippen LogP contribution in [-0.4, -0.2) is 54.1 Å². The number of amides is 1. The summed E-state index contributed by atoms with van der Waals surface area (Å²) in [5.41, 5.74) is 0.930. The lowest BCUT2D eigenvalue weighted by atomic mass is 10.1. The summed E-state index contributed by atoms with van der Waals surface area (Å²) in [6.07, 6.45) is 0.532. The van der Waals surface area contributed by atoms with Gasteiger partial charge in [0.05, 0.1) is 29.2 Å². The van der Waals surface area contributed by atoms with Crippen molar-refractivity contribution in [1.29, 1.82) is 0 Å². The summed E-state index contributed by atoms with van der Waals surface area (Å²) >= 11 is 1.72. The second kappa shape index (κ2) is 3.46. The molecule has 3 heterocycles. The molecular weight excluding hydrogens is 248 g/mol. The first-order chi connectivity index (χ1) is 7.57. The van der Waals surface area contributed by atoms with Gasteiger partial charge in [-0.15, -0.1) is 0 Å². The molecule has 2 atom stereocenters. The van der Waals surface area contributed by atoms with Crippen LogP contribution in [0.4, 0.5) is 0 Å². The fourth-order valence-electron chi connectivity index (χ4n) is 2.37. The van der Waals surface area contributed by atoms with Gasteiger partial charge in [-0.05, 0) is 6.42 Å². The Morgan fingerprint density at radius 1 is 1.44 bits per heavy atom. The Labute approximate surface area is 98.2 Å². The molecule has 0 spiro atoms. The highest BCUT2D eigenvalue weighted by molar-refractivity contribution is 8.00. The van der Waals surface area contributed by atoms with Gasteiger partial charge in [0, 0.05) is 11.5 Å². The van der Waals surface area contributed by atoms with E-state index in [1.807, 2.05) is 0 Å². The van der Waals surface area contributed by atoms with E-state index in [0.29, 0.717) is 6.42 Å². The smallest absolute Gasteiger partial charge is 0.252 e. The first kappa shape index (κ1) is 10.6. The molecule has 2 fully saturated rings. The van der Waals surface area contributed by atoms with Gasteiger partial charge in [0.2, 0.25) is 0 Å². The standard InChI is InChI=1S/C9H12N2O3S2/c12-9-7-3-15-4-8(7)10-11(9)6-1-2-16(13,14)5-6/h6-7H,1-5H2. The van der Waals surface area contributed by atoms with Crippen molar-refractivity contribution in [1.82, 2.24) is 5.01 Å². The maximum absolute atomic E-state index is 12.0. The monoisotopic (exact) mass is 260 g/mol. The Balaban J connectivity index is 1.83. The van der Waals surface area contributed by atoms with E-state index >= 15 is 0 Å². The van der Waals surface area contributed by atoms with Gasteiger partial charge in [0.1, 0.15) is 0 Å². The lowest BCUT2D eigenvalue weighted by Gasteiger charge is -2.19. The Bertz CT molecular complexity index is 471. The molecule has 3 aliphatic rings. The van der Waals surface area contributed by atoms with Crippen LogP contribution in [0.3, 0.4) is 0 Å². The normalized spacial score (nSPS) is 36.6. The van der Waals surface area contributed by atoms with Crippen LogP contribution < -0.4 is 0 Å². The minimum Gasteiger partial charge on any atom is -0.272 e. The van der Waals surface area contributed by atoms with Gasteiger partial charge >= 0.3 is 0 Å². The molecule has 16 heavy (non-hydrogen) atoms. The van der Waals surface area contributed by atoms with Crippen LogP contribution >= 0.6 is 11.8 Å². The fraction of sp³-hybridized carbons (Fsp3) is 0.778. The van der Waals surface area contributed by atoms with Crippen LogP contribution in [0.2, 0.25) is 0 Å². The van der Waals surface area contributed by atoms with E-state index in [9.17, 15) is 13.2 Å². The van der Waals surface area contributed by atoms with E-state index in [1.165, 1.54) is 5.01 Å². The van der Waals surface area contributed by atoms with Gasteiger partial charge in [-0.25, -0.2) is 13.4 Å². The van der Waals surface area contributed by atoms with Crippen LogP contribution in [0, 0.1) is 5.92 Å². The lowest BCUT2D eigenvalue weighted by Crippen LogP contribution is -2.36. The van der Waals surface area contributed by atoms with Crippen molar-refractivity contribution < 1.29 is 13.2 Å². The minimum absolute atomic E-state index is 0.00194. The van der Waals surface area contributed by atoms with Gasteiger partial charge in [0.15, 0.2) is 9.84 Å². The Morgan fingerprint density at radius 3 is 2.88 bits per heavy atom. The van der Waals surface area contributed by atoms with Crippen LogP contribution in [0.25, 0.3) is 0 Å². The number of carbonyl (C=O) groups excluding carboxylic acids is 1. The Morgan fingerprint density at radius 2 is 2.25 bits per heavy atom. The number of hydrazone groups is 1. The molecule has 0 bridgehead atoms. The van der Waals surface area contributed by atoms with Gasteiger partial charge in [-0.2, -0.15) is 16.9 Å². The summed E-state index contributed by atoms with van der Waals surface area (Å²) in [4.78, 5) is 12.0. The third-order valence-electron chi connectivity index (χ3n) is 3.25. The highest BCUT2D eigenvalue weighted by Crippen LogP contribution is 2.32. The predicted molar refractivity (Wildman–Crippen MR) is 62.2 cm³/mol. The van der Waals surface area contributed by atoms with E-state index in [-0.39, 0.29) is 29.4 Å². The van der Waals surface area contributed by atoms with Crippen molar-refractivity contribution in [2.45, 2.75) is 12.5 Å². The van der Waals surface area contributed by atoms with Crippen LogP contribution in [0.1, 0.15) is 6.42 Å². The lowest BCUT2D eigenvalue weighted by molar-refractivity contribution is -0.132. The number of thioether (sulfide) groups is 1. The van der Waals surface area contributed by atoms with Crippen molar-refractivity contribution in [2.24, 2.45) is 11.0 Å². The predicted octanol–water partition coefficient (Wildman–Crippen LogP) is -0.265. The molecule has 2 unspecified atom stereocenters. The molecule has 5 nitrogen and oxygen atoms in total. The van der Waals surface area contributed by atoms with Gasteiger partial charge in [0.25, 0.3) is 5.91 Å². The molecule has 0 aromatic carbocycles. The molecule has 0 aromatic heterocycles. The van der Waals surface area contributed by atoms with Crippen LogP contribution in [-0.2, 0) is 14.6 Å². The number of sulfone groups is 1. The Hall–Kier alpha value is -0.560. The zero-order chi connectivity index (χ0) is 11.3. The molecule has 3 aliphatic heterocycles. The van der Waals surface area contributed by atoms with E-state index in [0.717, 1.165) is 17.2 Å². The highest BCUT2D eigenvalue weighted by Gasteiger charge is 2.44. The minimum atomic E-state index is -2.95. The van der Waals surface area contributed by atoms with E-state index < -0.39 is 9.84 Å². The van der Waals surface area contributed by atoms with E-state index in [4.69, 9.17) is 0 Å². The third-order valence-corrected chi connectivity index (χ3v) is 6.07. The first-order valence-corrected chi connectivity index (χ1v) is 8.23. The van der Waals surface area contributed by atoms with Crippen molar-refractivity contribution in [2.75, 3.05) is 23.0 Å². The number of hydrogen-bond acceptors (Lipinski definition) is 5. The summed E-state index contributed by atoms with van der Waals surface area (Å²) in [6.45, 7) is 0. The van der Waals surface area contributed by atoms with Crippen molar-refractivity contribution in [3.05, 3.63) is 0 Å². The molecule has 2 saturated heterocycles. The second-order valence-electron chi connectivity index (χ2n) is 4.40. The molecule has 0 aliphatic carbocycles. The van der Waals surface area contributed by atoms with E-state index in [1.54, 1.807) is 11.8 Å². The maximum atomic E-state index is 12.0. The quantitative estimate of drug-likeness (QED) is 0.651. The zero-order valence-corrected chi connectivity index (χ0v) is 10.3.